The van der Waals surface area contributed by atoms with Crippen molar-refractivity contribution in [3.05, 3.63) is 130 Å². The molecule has 7 nitrogen and oxygen atoms in total. The number of rotatable bonds is 12. The molecule has 0 aliphatic carbocycles. The van der Waals surface area contributed by atoms with E-state index in [0.717, 1.165) is 31.0 Å². The van der Waals surface area contributed by atoms with Gasteiger partial charge in [-0.15, -0.1) is 0 Å². The van der Waals surface area contributed by atoms with Crippen LogP contribution in [0.25, 0.3) is 0 Å². The van der Waals surface area contributed by atoms with Crippen LogP contribution in [0.3, 0.4) is 0 Å². The summed E-state index contributed by atoms with van der Waals surface area (Å²) in [6, 6.07) is 29.5. The van der Waals surface area contributed by atoms with E-state index in [1.165, 1.54) is 17.0 Å². The van der Waals surface area contributed by atoms with Crippen LogP contribution in [0.5, 0.6) is 0 Å². The number of nitrogens with one attached hydrogen (secondary N) is 1. The first-order valence-electron chi connectivity index (χ1n) is 14.1. The maximum atomic E-state index is 14.4. The van der Waals surface area contributed by atoms with Gasteiger partial charge >= 0.3 is 0 Å². The SMILES string of the molecule is CCNC(=O)[C@@H](Cc1ccccc1)N(Cc1cccc(Br)c1)C(=O)CN(c1ccc(C)c(C)c1)S(=O)(=O)c1ccccc1. The molecule has 43 heavy (non-hydrogen) atoms. The topological polar surface area (TPSA) is 86.8 Å². The largest absolute Gasteiger partial charge is 0.355 e. The van der Waals surface area contributed by atoms with Crippen molar-refractivity contribution in [1.29, 1.82) is 0 Å². The highest BCUT2D eigenvalue weighted by Gasteiger charge is 2.34. The molecule has 4 aromatic rings. The van der Waals surface area contributed by atoms with Crippen LogP contribution in [-0.2, 0) is 32.6 Å². The molecule has 0 saturated heterocycles. The third-order valence-electron chi connectivity index (χ3n) is 7.25. The normalized spacial score (nSPS) is 11.9. The molecule has 1 atom stereocenters. The maximum absolute atomic E-state index is 14.4. The number of benzene rings is 4. The zero-order chi connectivity index (χ0) is 31.0. The first kappa shape index (κ1) is 32.0. The molecule has 0 spiro atoms. The van der Waals surface area contributed by atoms with E-state index >= 15 is 0 Å². The average Bonchev–Trinajstić information content (AvgIpc) is 3.00. The third kappa shape index (κ3) is 8.12. The van der Waals surface area contributed by atoms with Gasteiger partial charge in [0, 0.05) is 24.0 Å². The van der Waals surface area contributed by atoms with Gasteiger partial charge in [-0.05, 0) is 79.4 Å². The van der Waals surface area contributed by atoms with Crippen LogP contribution in [0.2, 0.25) is 0 Å². The number of aryl methyl sites for hydroxylation is 2. The molecule has 0 heterocycles. The van der Waals surface area contributed by atoms with Crippen LogP contribution in [0.4, 0.5) is 5.69 Å². The Kier molecular flexibility index (Phi) is 10.8. The Morgan fingerprint density at radius 3 is 2.09 bits per heavy atom. The van der Waals surface area contributed by atoms with E-state index in [1.807, 2.05) is 81.4 Å². The molecule has 0 unspecified atom stereocenters. The lowest BCUT2D eigenvalue weighted by Crippen LogP contribution is -2.53. The van der Waals surface area contributed by atoms with Crippen molar-refractivity contribution in [2.24, 2.45) is 0 Å². The minimum absolute atomic E-state index is 0.0733. The Balaban J connectivity index is 1.81. The van der Waals surface area contributed by atoms with Crippen LogP contribution in [0, 0.1) is 13.8 Å². The molecule has 2 amide bonds. The lowest BCUT2D eigenvalue weighted by molar-refractivity contribution is -0.140. The molecule has 0 bridgehead atoms. The van der Waals surface area contributed by atoms with E-state index in [0.29, 0.717) is 12.2 Å². The van der Waals surface area contributed by atoms with E-state index in [9.17, 15) is 18.0 Å². The molecule has 1 N–H and O–H groups in total. The van der Waals surface area contributed by atoms with Gasteiger partial charge in [0.1, 0.15) is 12.6 Å². The average molecular weight is 663 g/mol. The van der Waals surface area contributed by atoms with Crippen molar-refractivity contribution in [2.75, 3.05) is 17.4 Å². The zero-order valence-electron chi connectivity index (χ0n) is 24.5. The number of likely N-dealkylation sites (N-methyl/N-ethyl adjacent to an activating group) is 1. The minimum Gasteiger partial charge on any atom is -0.355 e. The predicted molar refractivity (Wildman–Crippen MR) is 174 cm³/mol. The fraction of sp³-hybridized carbons (Fsp3) is 0.235. The number of anilines is 1. The van der Waals surface area contributed by atoms with Crippen LogP contribution in [0.1, 0.15) is 29.2 Å². The number of halogens is 1. The molecule has 4 rings (SSSR count). The Bertz CT molecular complexity index is 1660. The molecule has 0 aromatic heterocycles. The fourth-order valence-corrected chi connectivity index (χ4v) is 6.68. The number of carbonyl (C=O) groups is 2. The van der Waals surface area contributed by atoms with E-state index in [2.05, 4.69) is 21.2 Å². The molecule has 4 aromatic carbocycles. The van der Waals surface area contributed by atoms with Gasteiger partial charge in [0.05, 0.1) is 10.6 Å². The molecular formula is C34H36BrN3O4S. The molecule has 0 aliphatic heterocycles. The van der Waals surface area contributed by atoms with Crippen molar-refractivity contribution < 1.29 is 18.0 Å². The molecule has 224 valence electrons. The first-order valence-corrected chi connectivity index (χ1v) is 16.3. The molecule has 0 radical (unpaired) electrons. The summed E-state index contributed by atoms with van der Waals surface area (Å²) in [6.45, 7) is 5.68. The predicted octanol–water partition coefficient (Wildman–Crippen LogP) is 6.04. The number of nitrogens with zero attached hydrogens (tertiary/aromatic N) is 2. The Labute approximate surface area is 262 Å². The Morgan fingerprint density at radius 2 is 1.47 bits per heavy atom. The summed E-state index contributed by atoms with van der Waals surface area (Å²) in [7, 11) is -4.13. The number of sulfonamides is 1. The summed E-state index contributed by atoms with van der Waals surface area (Å²) >= 11 is 3.50. The summed E-state index contributed by atoms with van der Waals surface area (Å²) in [6.07, 6.45) is 0.265. The summed E-state index contributed by atoms with van der Waals surface area (Å²) < 4.78 is 30.1. The number of carbonyl (C=O) groups excluding carboxylic acids is 2. The van der Waals surface area contributed by atoms with Crippen LogP contribution in [0.15, 0.2) is 112 Å². The summed E-state index contributed by atoms with van der Waals surface area (Å²) in [5.74, 6) is -0.803. The van der Waals surface area contributed by atoms with Crippen molar-refractivity contribution in [1.82, 2.24) is 10.2 Å². The second kappa shape index (κ2) is 14.5. The Morgan fingerprint density at radius 1 is 0.814 bits per heavy atom. The summed E-state index contributed by atoms with van der Waals surface area (Å²) in [5, 5.41) is 2.88. The van der Waals surface area contributed by atoms with Gasteiger partial charge in [-0.1, -0.05) is 82.7 Å². The lowest BCUT2D eigenvalue weighted by atomic mass is 10.0. The zero-order valence-corrected chi connectivity index (χ0v) is 26.9. The summed E-state index contributed by atoms with van der Waals surface area (Å²) in [4.78, 5) is 29.5. The van der Waals surface area contributed by atoms with Crippen LogP contribution < -0.4 is 9.62 Å². The van der Waals surface area contributed by atoms with E-state index in [4.69, 9.17) is 0 Å². The van der Waals surface area contributed by atoms with Crippen molar-refractivity contribution in [3.8, 4) is 0 Å². The van der Waals surface area contributed by atoms with Gasteiger partial charge in [0.25, 0.3) is 10.0 Å². The summed E-state index contributed by atoms with van der Waals surface area (Å²) in [5.41, 5.74) is 3.96. The highest BCUT2D eigenvalue weighted by molar-refractivity contribution is 9.10. The van der Waals surface area contributed by atoms with E-state index in [-0.39, 0.29) is 23.8 Å². The number of hydrogen-bond donors (Lipinski definition) is 1. The van der Waals surface area contributed by atoms with Gasteiger partial charge in [-0.2, -0.15) is 0 Å². The van der Waals surface area contributed by atoms with Crippen molar-refractivity contribution in [3.63, 3.8) is 0 Å². The smallest absolute Gasteiger partial charge is 0.264 e. The van der Waals surface area contributed by atoms with Gasteiger partial charge in [0.2, 0.25) is 11.8 Å². The Hall–Kier alpha value is -3.95. The van der Waals surface area contributed by atoms with Crippen molar-refractivity contribution in [2.45, 2.75) is 44.7 Å². The fourth-order valence-electron chi connectivity index (χ4n) is 4.81. The number of amides is 2. The minimum atomic E-state index is -4.13. The molecule has 9 heteroatoms. The second-order valence-electron chi connectivity index (χ2n) is 10.3. The molecule has 0 aliphatic rings. The highest BCUT2D eigenvalue weighted by Crippen LogP contribution is 2.27. The molecular weight excluding hydrogens is 626 g/mol. The van der Waals surface area contributed by atoms with E-state index < -0.39 is 28.5 Å². The lowest BCUT2D eigenvalue weighted by Gasteiger charge is -2.34. The van der Waals surface area contributed by atoms with Gasteiger partial charge in [-0.25, -0.2) is 8.42 Å². The first-order chi connectivity index (χ1) is 20.6. The molecule has 0 fully saturated rings. The van der Waals surface area contributed by atoms with Gasteiger partial charge in [0.15, 0.2) is 0 Å². The van der Waals surface area contributed by atoms with Crippen LogP contribution >= 0.6 is 15.9 Å². The standard InChI is InChI=1S/C34H36BrN3O4S/c1-4-36-34(40)32(22-27-12-7-5-8-13-27)37(23-28-14-11-15-29(35)21-28)33(39)24-38(30-19-18-25(2)26(3)20-30)43(41,42)31-16-9-6-10-17-31/h5-21,32H,4,22-24H2,1-3H3,(H,36,40)/t32-/m1/s1. The van der Waals surface area contributed by atoms with Gasteiger partial charge in [-0.3, -0.25) is 13.9 Å². The highest BCUT2D eigenvalue weighted by atomic mass is 79.9. The third-order valence-corrected chi connectivity index (χ3v) is 9.53. The van der Waals surface area contributed by atoms with Crippen LogP contribution in [-0.4, -0.2) is 44.3 Å². The molecule has 0 saturated carbocycles. The maximum Gasteiger partial charge on any atom is 0.264 e. The quantitative estimate of drug-likeness (QED) is 0.201. The number of hydrogen-bond acceptors (Lipinski definition) is 4. The second-order valence-corrected chi connectivity index (χ2v) is 13.1. The monoisotopic (exact) mass is 661 g/mol. The van der Waals surface area contributed by atoms with E-state index in [1.54, 1.807) is 30.3 Å². The van der Waals surface area contributed by atoms with Crippen molar-refractivity contribution >= 4 is 43.5 Å². The van der Waals surface area contributed by atoms with Gasteiger partial charge < -0.3 is 10.2 Å².